The zero-order valence-electron chi connectivity index (χ0n) is 18.2. The maximum absolute atomic E-state index is 10.3. The molecule has 3 aromatic carbocycles. The Morgan fingerprint density at radius 2 is 1.85 bits per heavy atom. The van der Waals surface area contributed by atoms with E-state index < -0.39 is 0 Å². The molecule has 0 atom stereocenters. The van der Waals surface area contributed by atoms with E-state index in [2.05, 4.69) is 36.3 Å². The standard InChI is InChI=1S/C25H19Cl2N3O3S/c1-13-3-5-18(7-14(13)2)29-25-30-22(15-4-6-20-21(9-15)33-12-32-20)24(34-25)28-11-16-8-17(26)10-19(27)23(16)31/h3-11,31H,12H2,1-2H3,(H,29,30). The Bertz CT molecular complexity index is 1440. The molecule has 4 aromatic rings. The fraction of sp³-hybridized carbons (Fsp3) is 0.120. The summed E-state index contributed by atoms with van der Waals surface area (Å²) in [6.45, 7) is 4.33. The van der Waals surface area contributed by atoms with Crippen LogP contribution in [0.2, 0.25) is 10.0 Å². The molecule has 34 heavy (non-hydrogen) atoms. The van der Waals surface area contributed by atoms with Crippen molar-refractivity contribution in [1.82, 2.24) is 4.98 Å². The van der Waals surface area contributed by atoms with E-state index in [1.807, 2.05) is 24.3 Å². The van der Waals surface area contributed by atoms with E-state index in [-0.39, 0.29) is 17.6 Å². The highest BCUT2D eigenvalue weighted by Crippen LogP contribution is 2.43. The molecule has 1 aromatic heterocycles. The van der Waals surface area contributed by atoms with Crippen LogP contribution in [0.15, 0.2) is 53.5 Å². The fourth-order valence-corrected chi connectivity index (χ4v) is 4.80. The number of aliphatic imine (C=N–C) groups is 1. The van der Waals surface area contributed by atoms with Crippen LogP contribution in [0.3, 0.4) is 0 Å². The smallest absolute Gasteiger partial charge is 0.231 e. The molecule has 0 amide bonds. The number of halogens is 2. The predicted molar refractivity (Wildman–Crippen MR) is 138 cm³/mol. The maximum Gasteiger partial charge on any atom is 0.231 e. The van der Waals surface area contributed by atoms with Gasteiger partial charge in [-0.15, -0.1) is 0 Å². The molecule has 0 unspecified atom stereocenters. The molecule has 1 aliphatic rings. The van der Waals surface area contributed by atoms with Crippen molar-refractivity contribution in [3.05, 3.63) is 75.3 Å². The number of aromatic hydroxyl groups is 1. The molecule has 6 nitrogen and oxygen atoms in total. The minimum absolute atomic E-state index is 0.0857. The largest absolute Gasteiger partial charge is 0.506 e. The van der Waals surface area contributed by atoms with E-state index in [0.717, 1.165) is 11.3 Å². The lowest BCUT2D eigenvalue weighted by atomic mass is 10.1. The van der Waals surface area contributed by atoms with E-state index in [9.17, 15) is 5.11 Å². The van der Waals surface area contributed by atoms with Crippen molar-refractivity contribution < 1.29 is 14.6 Å². The van der Waals surface area contributed by atoms with Crippen LogP contribution in [0.4, 0.5) is 15.8 Å². The van der Waals surface area contributed by atoms with Crippen LogP contribution < -0.4 is 14.8 Å². The normalized spacial score (nSPS) is 12.5. The summed E-state index contributed by atoms with van der Waals surface area (Å²) in [4.78, 5) is 9.43. The summed E-state index contributed by atoms with van der Waals surface area (Å²) in [7, 11) is 0. The van der Waals surface area contributed by atoms with E-state index in [4.69, 9.17) is 37.7 Å². The summed E-state index contributed by atoms with van der Waals surface area (Å²) in [6, 6.07) is 14.9. The van der Waals surface area contributed by atoms with Gasteiger partial charge in [-0.2, -0.15) is 0 Å². The molecule has 0 fully saturated rings. The summed E-state index contributed by atoms with van der Waals surface area (Å²) in [5.41, 5.74) is 5.24. The average molecular weight is 512 g/mol. The third-order valence-corrected chi connectivity index (χ3v) is 6.78. The van der Waals surface area contributed by atoms with E-state index in [1.54, 1.807) is 6.07 Å². The van der Waals surface area contributed by atoms with Gasteiger partial charge in [-0.3, -0.25) is 0 Å². The number of fused-ring (bicyclic) bond motifs is 1. The molecule has 2 N–H and O–H groups in total. The molecule has 0 spiro atoms. The highest BCUT2D eigenvalue weighted by Gasteiger charge is 2.19. The highest BCUT2D eigenvalue weighted by atomic mass is 35.5. The van der Waals surface area contributed by atoms with Gasteiger partial charge in [-0.05, 0) is 67.4 Å². The minimum Gasteiger partial charge on any atom is -0.506 e. The minimum atomic E-state index is -0.0857. The number of rotatable bonds is 5. The van der Waals surface area contributed by atoms with Crippen LogP contribution in [-0.2, 0) is 0 Å². The van der Waals surface area contributed by atoms with Crippen molar-refractivity contribution in [2.45, 2.75) is 13.8 Å². The number of nitrogens with zero attached hydrogens (tertiary/aromatic N) is 2. The first-order valence-electron chi connectivity index (χ1n) is 10.3. The summed E-state index contributed by atoms with van der Waals surface area (Å²) in [6.07, 6.45) is 1.52. The third-order valence-electron chi connectivity index (χ3n) is 5.39. The quantitative estimate of drug-likeness (QED) is 0.269. The third kappa shape index (κ3) is 4.55. The summed E-state index contributed by atoms with van der Waals surface area (Å²) in [5.74, 6) is 1.26. The average Bonchev–Trinajstić information content (AvgIpc) is 3.44. The van der Waals surface area contributed by atoms with Gasteiger partial charge in [0.2, 0.25) is 6.79 Å². The van der Waals surface area contributed by atoms with E-state index >= 15 is 0 Å². The van der Waals surface area contributed by atoms with Gasteiger partial charge in [0, 0.05) is 28.1 Å². The lowest BCUT2D eigenvalue weighted by molar-refractivity contribution is 0.174. The number of hydrogen-bond donors (Lipinski definition) is 2. The number of benzene rings is 3. The van der Waals surface area contributed by atoms with Crippen molar-refractivity contribution in [3.8, 4) is 28.5 Å². The summed E-state index contributed by atoms with van der Waals surface area (Å²) < 4.78 is 11.0. The maximum atomic E-state index is 10.3. The van der Waals surface area contributed by atoms with Crippen LogP contribution in [0.1, 0.15) is 16.7 Å². The van der Waals surface area contributed by atoms with E-state index in [1.165, 1.54) is 34.7 Å². The van der Waals surface area contributed by atoms with Crippen molar-refractivity contribution in [3.63, 3.8) is 0 Å². The zero-order chi connectivity index (χ0) is 23.8. The topological polar surface area (TPSA) is 76.0 Å². The molecule has 2 heterocycles. The Morgan fingerprint density at radius 3 is 2.68 bits per heavy atom. The Hall–Kier alpha value is -3.26. The highest BCUT2D eigenvalue weighted by molar-refractivity contribution is 7.19. The van der Waals surface area contributed by atoms with Crippen molar-refractivity contribution >= 4 is 56.6 Å². The summed E-state index contributed by atoms with van der Waals surface area (Å²) in [5, 5.41) is 15.6. The van der Waals surface area contributed by atoms with Crippen LogP contribution in [-0.4, -0.2) is 23.1 Å². The Labute approximate surface area is 210 Å². The van der Waals surface area contributed by atoms with E-state index in [0.29, 0.717) is 37.9 Å². The number of anilines is 2. The van der Waals surface area contributed by atoms with Gasteiger partial charge >= 0.3 is 0 Å². The van der Waals surface area contributed by atoms with Gasteiger partial charge in [-0.1, -0.05) is 40.6 Å². The number of ether oxygens (including phenoxy) is 2. The van der Waals surface area contributed by atoms with Gasteiger partial charge in [0.15, 0.2) is 16.6 Å². The number of hydrogen-bond acceptors (Lipinski definition) is 7. The fourth-order valence-electron chi connectivity index (χ4n) is 3.44. The van der Waals surface area contributed by atoms with Crippen molar-refractivity contribution in [1.29, 1.82) is 0 Å². The molecule has 0 saturated carbocycles. The first kappa shape index (κ1) is 22.5. The van der Waals surface area contributed by atoms with Crippen LogP contribution in [0.5, 0.6) is 17.2 Å². The Balaban J connectivity index is 1.55. The van der Waals surface area contributed by atoms with Crippen molar-refractivity contribution in [2.24, 2.45) is 4.99 Å². The van der Waals surface area contributed by atoms with Gasteiger partial charge in [-0.25, -0.2) is 9.98 Å². The second kappa shape index (κ2) is 9.18. The Morgan fingerprint density at radius 1 is 1.03 bits per heavy atom. The molecule has 0 radical (unpaired) electrons. The van der Waals surface area contributed by atoms with Gasteiger partial charge in [0.05, 0.1) is 5.02 Å². The number of nitrogens with one attached hydrogen (secondary N) is 1. The molecular weight excluding hydrogens is 493 g/mol. The van der Waals surface area contributed by atoms with Crippen molar-refractivity contribution in [2.75, 3.05) is 12.1 Å². The van der Waals surface area contributed by atoms with Crippen LogP contribution >= 0.6 is 34.5 Å². The molecule has 0 aliphatic carbocycles. The predicted octanol–water partition coefficient (Wildman–Crippen LogP) is 7.66. The monoisotopic (exact) mass is 511 g/mol. The van der Waals surface area contributed by atoms with Gasteiger partial charge < -0.3 is 19.9 Å². The molecule has 0 bridgehead atoms. The zero-order valence-corrected chi connectivity index (χ0v) is 20.6. The first-order chi connectivity index (χ1) is 16.4. The summed E-state index contributed by atoms with van der Waals surface area (Å²) >= 11 is 13.5. The lowest BCUT2D eigenvalue weighted by Crippen LogP contribution is -1.92. The molecule has 0 saturated heterocycles. The molecule has 9 heteroatoms. The number of thiazole rings is 1. The van der Waals surface area contributed by atoms with Crippen LogP contribution in [0.25, 0.3) is 11.3 Å². The Kier molecular flexibility index (Phi) is 6.08. The second-order valence-electron chi connectivity index (χ2n) is 7.75. The molecule has 5 rings (SSSR count). The number of aryl methyl sites for hydroxylation is 2. The van der Waals surface area contributed by atoms with Crippen LogP contribution in [0, 0.1) is 13.8 Å². The number of phenolic OH excluding ortho intramolecular Hbond substituents is 1. The first-order valence-corrected chi connectivity index (χ1v) is 11.9. The molecule has 1 aliphatic heterocycles. The second-order valence-corrected chi connectivity index (χ2v) is 9.57. The molecule has 172 valence electrons. The van der Waals surface area contributed by atoms with Gasteiger partial charge in [0.1, 0.15) is 16.4 Å². The van der Waals surface area contributed by atoms with Gasteiger partial charge in [0.25, 0.3) is 0 Å². The SMILES string of the molecule is Cc1ccc(Nc2nc(-c3ccc4c(c3)OCO4)c(N=Cc3cc(Cl)cc(Cl)c3O)s2)cc1C. The number of aromatic nitrogens is 1. The number of phenols is 1. The molecular formula is C25H19Cl2N3O3S. The lowest BCUT2D eigenvalue weighted by Gasteiger charge is -2.05.